The van der Waals surface area contributed by atoms with E-state index in [-0.39, 0.29) is 0 Å². The van der Waals surface area contributed by atoms with Crippen LogP contribution in [0, 0.1) is 0 Å². The Balaban J connectivity index is 2.20. The van der Waals surface area contributed by atoms with Crippen molar-refractivity contribution in [3.63, 3.8) is 0 Å². The van der Waals surface area contributed by atoms with Crippen molar-refractivity contribution in [2.75, 3.05) is 0 Å². The van der Waals surface area contributed by atoms with E-state index in [0.717, 1.165) is 6.07 Å². The van der Waals surface area contributed by atoms with Gasteiger partial charge in [-0.25, -0.2) is 4.68 Å². The summed E-state index contributed by atoms with van der Waals surface area (Å²) >= 11 is 0. The second kappa shape index (κ2) is 5.05. The minimum absolute atomic E-state index is 0.371. The summed E-state index contributed by atoms with van der Waals surface area (Å²) in [4.78, 5) is 3.88. The van der Waals surface area contributed by atoms with E-state index < -0.39 is 11.9 Å². The van der Waals surface area contributed by atoms with Gasteiger partial charge in [0.1, 0.15) is 0 Å². The maximum absolute atomic E-state index is 12.9. The molecule has 0 radical (unpaired) electrons. The number of pyridine rings is 1. The molecule has 0 amide bonds. The van der Waals surface area contributed by atoms with Crippen LogP contribution in [0.3, 0.4) is 0 Å². The van der Waals surface area contributed by atoms with Crippen molar-refractivity contribution in [3.05, 3.63) is 66.6 Å². The third kappa shape index (κ3) is 2.65. The third-order valence-corrected chi connectivity index (χ3v) is 2.98. The molecule has 6 heteroatoms. The highest BCUT2D eigenvalue weighted by Crippen LogP contribution is 2.32. The van der Waals surface area contributed by atoms with Gasteiger partial charge in [0, 0.05) is 18.0 Å². The van der Waals surface area contributed by atoms with Crippen LogP contribution in [0.4, 0.5) is 13.2 Å². The highest BCUT2D eigenvalue weighted by Gasteiger charge is 2.35. The monoisotopic (exact) mass is 289 g/mol. The van der Waals surface area contributed by atoms with E-state index in [1.54, 1.807) is 42.5 Å². The molecule has 21 heavy (non-hydrogen) atoms. The van der Waals surface area contributed by atoms with Gasteiger partial charge in [-0.3, -0.25) is 4.98 Å². The molecule has 0 aliphatic rings. The molecule has 0 aliphatic carbocycles. The average Bonchev–Trinajstić information content (AvgIpc) is 2.94. The van der Waals surface area contributed by atoms with Crippen LogP contribution in [-0.2, 0) is 6.18 Å². The molecule has 0 saturated heterocycles. The van der Waals surface area contributed by atoms with Gasteiger partial charge in [-0.05, 0) is 30.3 Å². The predicted molar refractivity (Wildman–Crippen MR) is 71.8 cm³/mol. The Hall–Kier alpha value is -2.63. The fraction of sp³-hybridized carbons (Fsp3) is 0.0667. The summed E-state index contributed by atoms with van der Waals surface area (Å²) in [6.07, 6.45) is -1.42. The standard InChI is InChI=1S/C15H10F3N3/c16-15(17,18)14-10-13(11-6-8-19-9-7-11)21(20-14)12-4-2-1-3-5-12/h1-10H. The topological polar surface area (TPSA) is 30.7 Å². The number of hydrogen-bond acceptors (Lipinski definition) is 2. The molecule has 3 aromatic rings. The average molecular weight is 289 g/mol. The van der Waals surface area contributed by atoms with Crippen LogP contribution < -0.4 is 0 Å². The zero-order chi connectivity index (χ0) is 14.9. The second-order valence-corrected chi connectivity index (χ2v) is 4.40. The Morgan fingerprint density at radius 2 is 1.57 bits per heavy atom. The molecule has 0 aliphatic heterocycles. The van der Waals surface area contributed by atoms with E-state index in [1.165, 1.54) is 17.1 Å². The Morgan fingerprint density at radius 3 is 2.19 bits per heavy atom. The predicted octanol–water partition coefficient (Wildman–Crippen LogP) is 3.95. The quantitative estimate of drug-likeness (QED) is 0.715. The second-order valence-electron chi connectivity index (χ2n) is 4.40. The maximum atomic E-state index is 12.9. The van der Waals surface area contributed by atoms with E-state index in [2.05, 4.69) is 10.1 Å². The van der Waals surface area contributed by atoms with E-state index >= 15 is 0 Å². The van der Waals surface area contributed by atoms with Crippen molar-refractivity contribution in [1.82, 2.24) is 14.8 Å². The Bertz CT molecular complexity index is 677. The van der Waals surface area contributed by atoms with Gasteiger partial charge in [0.15, 0.2) is 5.69 Å². The molecular weight excluding hydrogens is 279 g/mol. The number of aromatic nitrogens is 3. The lowest BCUT2D eigenvalue weighted by atomic mass is 10.2. The van der Waals surface area contributed by atoms with Crippen molar-refractivity contribution < 1.29 is 13.2 Å². The Morgan fingerprint density at radius 1 is 0.905 bits per heavy atom. The Kier molecular flexibility index (Phi) is 3.21. The number of alkyl halides is 3. The molecule has 106 valence electrons. The van der Waals surface area contributed by atoms with Gasteiger partial charge < -0.3 is 0 Å². The normalized spacial score (nSPS) is 11.6. The van der Waals surface area contributed by atoms with E-state index in [9.17, 15) is 13.2 Å². The molecule has 0 saturated carbocycles. The van der Waals surface area contributed by atoms with Crippen LogP contribution in [0.5, 0.6) is 0 Å². The van der Waals surface area contributed by atoms with Gasteiger partial charge in [0.05, 0.1) is 11.4 Å². The highest BCUT2D eigenvalue weighted by atomic mass is 19.4. The van der Waals surface area contributed by atoms with E-state index in [0.29, 0.717) is 16.9 Å². The van der Waals surface area contributed by atoms with Crippen LogP contribution in [0.2, 0.25) is 0 Å². The molecular formula is C15H10F3N3. The number of para-hydroxylation sites is 1. The fourth-order valence-electron chi connectivity index (χ4n) is 2.01. The molecule has 0 bridgehead atoms. The van der Waals surface area contributed by atoms with Gasteiger partial charge in [-0.2, -0.15) is 18.3 Å². The summed E-state index contributed by atoms with van der Waals surface area (Å²) in [5.41, 5.74) is 0.644. The van der Waals surface area contributed by atoms with Crippen molar-refractivity contribution in [2.24, 2.45) is 0 Å². The summed E-state index contributed by atoms with van der Waals surface area (Å²) in [6.45, 7) is 0. The van der Waals surface area contributed by atoms with Gasteiger partial charge in [-0.1, -0.05) is 18.2 Å². The number of hydrogen-bond donors (Lipinski definition) is 0. The minimum Gasteiger partial charge on any atom is -0.265 e. The van der Waals surface area contributed by atoms with E-state index in [4.69, 9.17) is 0 Å². The molecule has 3 nitrogen and oxygen atoms in total. The first-order valence-corrected chi connectivity index (χ1v) is 6.19. The number of rotatable bonds is 2. The zero-order valence-corrected chi connectivity index (χ0v) is 10.7. The highest BCUT2D eigenvalue weighted by molar-refractivity contribution is 5.62. The molecule has 3 rings (SSSR count). The zero-order valence-electron chi connectivity index (χ0n) is 10.7. The summed E-state index contributed by atoms with van der Waals surface area (Å²) in [5.74, 6) is 0. The minimum atomic E-state index is -4.48. The number of nitrogens with zero attached hydrogens (tertiary/aromatic N) is 3. The molecule has 0 atom stereocenters. The molecule has 0 fully saturated rings. The number of halogens is 3. The molecule has 0 spiro atoms. The van der Waals surface area contributed by atoms with Gasteiger partial charge in [0.2, 0.25) is 0 Å². The third-order valence-electron chi connectivity index (χ3n) is 2.98. The molecule has 2 heterocycles. The van der Waals surface area contributed by atoms with Crippen LogP contribution in [0.1, 0.15) is 5.69 Å². The summed E-state index contributed by atoms with van der Waals surface area (Å²) in [7, 11) is 0. The molecule has 2 aromatic heterocycles. The molecule has 1 aromatic carbocycles. The van der Waals surface area contributed by atoms with Crippen LogP contribution >= 0.6 is 0 Å². The van der Waals surface area contributed by atoms with Crippen molar-refractivity contribution >= 4 is 0 Å². The maximum Gasteiger partial charge on any atom is 0.435 e. The van der Waals surface area contributed by atoms with Gasteiger partial charge in [-0.15, -0.1) is 0 Å². The summed E-state index contributed by atoms with van der Waals surface area (Å²) in [5, 5.41) is 3.70. The molecule has 0 unspecified atom stereocenters. The van der Waals surface area contributed by atoms with Crippen molar-refractivity contribution in [1.29, 1.82) is 0 Å². The lowest BCUT2D eigenvalue weighted by Crippen LogP contribution is -2.07. The Labute approximate surface area is 118 Å². The van der Waals surface area contributed by atoms with Crippen LogP contribution in [-0.4, -0.2) is 14.8 Å². The van der Waals surface area contributed by atoms with Crippen molar-refractivity contribution in [3.8, 4) is 16.9 Å². The SMILES string of the molecule is FC(F)(F)c1cc(-c2ccncc2)n(-c2ccccc2)n1. The van der Waals surface area contributed by atoms with Crippen LogP contribution in [0.15, 0.2) is 60.9 Å². The first kappa shape index (κ1) is 13.4. The first-order valence-electron chi connectivity index (χ1n) is 6.19. The first-order chi connectivity index (χ1) is 10.1. The largest absolute Gasteiger partial charge is 0.435 e. The lowest BCUT2D eigenvalue weighted by Gasteiger charge is -2.07. The smallest absolute Gasteiger partial charge is 0.265 e. The fourth-order valence-corrected chi connectivity index (χ4v) is 2.01. The molecule has 0 N–H and O–H groups in total. The van der Waals surface area contributed by atoms with Crippen molar-refractivity contribution in [2.45, 2.75) is 6.18 Å². The van der Waals surface area contributed by atoms with E-state index in [1.807, 2.05) is 0 Å². The summed E-state index contributed by atoms with van der Waals surface area (Å²) < 4.78 is 40.1. The number of benzene rings is 1. The summed E-state index contributed by atoms with van der Waals surface area (Å²) in [6, 6.07) is 13.1. The van der Waals surface area contributed by atoms with Gasteiger partial charge >= 0.3 is 6.18 Å². The lowest BCUT2D eigenvalue weighted by molar-refractivity contribution is -0.141. The van der Waals surface area contributed by atoms with Crippen LogP contribution in [0.25, 0.3) is 16.9 Å². The van der Waals surface area contributed by atoms with Gasteiger partial charge in [0.25, 0.3) is 0 Å².